The van der Waals surface area contributed by atoms with E-state index in [1.165, 1.54) is 56.3 Å². The molecule has 1 N–H and O–H groups in total. The Labute approximate surface area is 150 Å². The number of fused-ring (bicyclic) bond motifs is 2. The van der Waals surface area contributed by atoms with Crippen LogP contribution >= 0.6 is 0 Å². The Balaban J connectivity index is 1.47. The van der Waals surface area contributed by atoms with Crippen LogP contribution in [0.25, 0.3) is 0 Å². The molecule has 0 amide bonds. The first-order valence-corrected chi connectivity index (χ1v) is 10.3. The van der Waals surface area contributed by atoms with Crippen LogP contribution in [0.15, 0.2) is 18.2 Å². The molecule has 1 aromatic rings. The predicted octanol–water partition coefficient (Wildman–Crippen LogP) is 2.99. The highest BCUT2D eigenvalue weighted by Gasteiger charge is 2.66. The van der Waals surface area contributed by atoms with Crippen molar-refractivity contribution in [3.8, 4) is 5.75 Å². The number of methoxy groups -OCH3 is 1. The van der Waals surface area contributed by atoms with Crippen molar-refractivity contribution in [3.05, 3.63) is 29.3 Å². The van der Waals surface area contributed by atoms with Crippen LogP contribution in [-0.2, 0) is 11.8 Å². The normalized spacial score (nSPS) is 44.5. The van der Waals surface area contributed by atoms with Crippen LogP contribution in [0.3, 0.4) is 0 Å². The highest BCUT2D eigenvalue weighted by Crippen LogP contribution is 2.66. The average Bonchev–Trinajstić information content (AvgIpc) is 3.51. The fraction of sp³-hybridized carbons (Fsp3) is 0.727. The minimum Gasteiger partial charge on any atom is -0.497 e. The Kier molecular flexibility index (Phi) is 3.02. The van der Waals surface area contributed by atoms with Crippen LogP contribution in [0.1, 0.15) is 43.2 Å². The summed E-state index contributed by atoms with van der Waals surface area (Å²) in [6, 6.07) is 7.46. The molecule has 6 rings (SSSR count). The van der Waals surface area contributed by atoms with Gasteiger partial charge in [-0.15, -0.1) is 0 Å². The van der Waals surface area contributed by atoms with Crippen LogP contribution in [0.2, 0.25) is 0 Å². The molecular formula is C22H29NO2. The Morgan fingerprint density at radius 3 is 2.96 bits per heavy atom. The molecule has 3 saturated carbocycles. The summed E-state index contributed by atoms with van der Waals surface area (Å²) in [4.78, 5) is 2.85. The van der Waals surface area contributed by atoms with Gasteiger partial charge < -0.3 is 9.84 Å². The van der Waals surface area contributed by atoms with E-state index in [1.807, 2.05) is 0 Å². The van der Waals surface area contributed by atoms with Gasteiger partial charge in [-0.2, -0.15) is 0 Å². The van der Waals surface area contributed by atoms with Crippen molar-refractivity contribution in [3.63, 3.8) is 0 Å². The molecule has 6 atom stereocenters. The first-order valence-electron chi connectivity index (χ1n) is 10.3. The zero-order chi connectivity index (χ0) is 16.8. The lowest BCUT2D eigenvalue weighted by Gasteiger charge is -2.60. The van der Waals surface area contributed by atoms with Crippen molar-refractivity contribution in [1.82, 2.24) is 4.90 Å². The number of likely N-dealkylation sites (tertiary alicyclic amines) is 1. The average molecular weight is 339 g/mol. The summed E-state index contributed by atoms with van der Waals surface area (Å²) >= 11 is 0. The topological polar surface area (TPSA) is 32.7 Å². The maximum absolute atomic E-state index is 10.8. The number of benzene rings is 1. The summed E-state index contributed by atoms with van der Waals surface area (Å²) in [7, 11) is 1.77. The van der Waals surface area contributed by atoms with Gasteiger partial charge in [-0.3, -0.25) is 4.90 Å². The SMILES string of the molecule is COc1ccc2c(c1)[C@]13CCN(CC4CC4)C(C2)C1C1CC1C(O)C3. The fourth-order valence-electron chi connectivity index (χ4n) is 6.91. The standard InChI is InChI=1S/C22H29NO2/c1-25-15-5-4-14-8-19-21-17-10-16(17)20(24)11-22(21,18(14)9-15)6-7-23(19)12-13-2-3-13/h4-5,9,13,16-17,19-21,24H,2-3,6-8,10-12H2,1H3/t16?,17?,19?,20?,21?,22-/m1/s1. The third-order valence-electron chi connectivity index (χ3n) is 8.26. The first-order chi connectivity index (χ1) is 12.2. The largest absolute Gasteiger partial charge is 0.497 e. The summed E-state index contributed by atoms with van der Waals surface area (Å²) in [5, 5.41) is 10.8. The molecule has 0 aromatic heterocycles. The van der Waals surface area contributed by atoms with Crippen molar-refractivity contribution in [2.75, 3.05) is 20.2 Å². The van der Waals surface area contributed by atoms with E-state index >= 15 is 0 Å². The number of nitrogens with zero attached hydrogens (tertiary/aromatic N) is 1. The maximum Gasteiger partial charge on any atom is 0.119 e. The smallest absolute Gasteiger partial charge is 0.119 e. The van der Waals surface area contributed by atoms with E-state index in [0.717, 1.165) is 29.9 Å². The summed E-state index contributed by atoms with van der Waals surface area (Å²) in [6.45, 7) is 2.54. The molecule has 1 heterocycles. The Morgan fingerprint density at radius 1 is 1.28 bits per heavy atom. The third-order valence-corrected chi connectivity index (χ3v) is 8.26. The number of piperidine rings is 1. The van der Waals surface area contributed by atoms with Gasteiger partial charge in [0.2, 0.25) is 0 Å². The van der Waals surface area contributed by atoms with Crippen molar-refractivity contribution >= 4 is 0 Å². The summed E-state index contributed by atoms with van der Waals surface area (Å²) < 4.78 is 5.57. The molecule has 2 bridgehead atoms. The van der Waals surface area contributed by atoms with E-state index in [9.17, 15) is 5.11 Å². The molecule has 1 aromatic carbocycles. The predicted molar refractivity (Wildman–Crippen MR) is 96.8 cm³/mol. The van der Waals surface area contributed by atoms with Gasteiger partial charge in [0.15, 0.2) is 0 Å². The second-order valence-electron chi connectivity index (χ2n) is 9.50. The Morgan fingerprint density at radius 2 is 2.16 bits per heavy atom. The number of rotatable bonds is 3. The van der Waals surface area contributed by atoms with Gasteiger partial charge in [0.1, 0.15) is 5.75 Å². The van der Waals surface area contributed by atoms with E-state index < -0.39 is 0 Å². The van der Waals surface area contributed by atoms with Crippen LogP contribution < -0.4 is 4.74 Å². The van der Waals surface area contributed by atoms with Crippen LogP contribution in [0.4, 0.5) is 0 Å². The first kappa shape index (κ1) is 15.0. The molecule has 1 aliphatic heterocycles. The van der Waals surface area contributed by atoms with E-state index in [2.05, 4.69) is 23.1 Å². The molecule has 5 unspecified atom stereocenters. The number of hydrogen-bond acceptors (Lipinski definition) is 3. The van der Waals surface area contributed by atoms with Crippen molar-refractivity contribution < 1.29 is 9.84 Å². The van der Waals surface area contributed by atoms with Crippen LogP contribution in [0.5, 0.6) is 5.75 Å². The molecule has 3 heteroatoms. The van der Waals surface area contributed by atoms with Gasteiger partial charge in [-0.1, -0.05) is 6.07 Å². The van der Waals surface area contributed by atoms with E-state index in [0.29, 0.717) is 12.0 Å². The lowest BCUT2D eigenvalue weighted by atomic mass is 9.51. The van der Waals surface area contributed by atoms with Crippen LogP contribution in [0, 0.1) is 23.7 Å². The zero-order valence-corrected chi connectivity index (χ0v) is 15.2. The molecule has 4 fully saturated rings. The van der Waals surface area contributed by atoms with E-state index in [1.54, 1.807) is 7.11 Å². The second-order valence-corrected chi connectivity index (χ2v) is 9.50. The van der Waals surface area contributed by atoms with Gasteiger partial charge in [-0.05, 0) is 92.0 Å². The van der Waals surface area contributed by atoms with Crippen molar-refractivity contribution in [2.45, 2.75) is 56.1 Å². The number of hydrogen-bond donors (Lipinski definition) is 1. The summed E-state index contributed by atoms with van der Waals surface area (Å²) in [6.07, 6.45) is 7.47. The third kappa shape index (κ3) is 2.06. The second kappa shape index (κ2) is 5.01. The lowest BCUT2D eigenvalue weighted by Crippen LogP contribution is -2.63. The maximum atomic E-state index is 10.8. The monoisotopic (exact) mass is 339 g/mol. The Bertz CT molecular complexity index is 714. The molecule has 4 aliphatic carbocycles. The van der Waals surface area contributed by atoms with Gasteiger partial charge in [0, 0.05) is 18.0 Å². The highest BCUT2D eigenvalue weighted by atomic mass is 16.5. The molecule has 0 radical (unpaired) electrons. The highest BCUT2D eigenvalue weighted by molar-refractivity contribution is 5.47. The van der Waals surface area contributed by atoms with Crippen LogP contribution in [-0.4, -0.2) is 42.4 Å². The molecule has 3 nitrogen and oxygen atoms in total. The molecule has 1 saturated heterocycles. The van der Waals surface area contributed by atoms with Crippen molar-refractivity contribution in [1.29, 1.82) is 0 Å². The van der Waals surface area contributed by atoms with E-state index in [-0.39, 0.29) is 11.5 Å². The van der Waals surface area contributed by atoms with Gasteiger partial charge in [0.05, 0.1) is 13.2 Å². The summed E-state index contributed by atoms with van der Waals surface area (Å²) in [5.74, 6) is 4.06. The molecule has 5 aliphatic rings. The van der Waals surface area contributed by atoms with Gasteiger partial charge >= 0.3 is 0 Å². The summed E-state index contributed by atoms with van der Waals surface area (Å²) in [5.41, 5.74) is 3.24. The number of aliphatic hydroxyl groups excluding tert-OH is 1. The molecular weight excluding hydrogens is 310 g/mol. The van der Waals surface area contributed by atoms with Gasteiger partial charge in [0.25, 0.3) is 0 Å². The quantitative estimate of drug-likeness (QED) is 0.919. The fourth-order valence-corrected chi connectivity index (χ4v) is 6.91. The molecule has 25 heavy (non-hydrogen) atoms. The van der Waals surface area contributed by atoms with E-state index in [4.69, 9.17) is 4.74 Å². The Hall–Kier alpha value is -1.06. The zero-order valence-electron chi connectivity index (χ0n) is 15.2. The minimum atomic E-state index is -0.0889. The van der Waals surface area contributed by atoms with Gasteiger partial charge in [-0.25, -0.2) is 0 Å². The molecule has 0 spiro atoms. The lowest BCUT2D eigenvalue weighted by molar-refractivity contribution is -0.0560. The minimum absolute atomic E-state index is 0.0889. The van der Waals surface area contributed by atoms with Crippen molar-refractivity contribution in [2.24, 2.45) is 23.7 Å². The number of ether oxygens (including phenoxy) is 1. The molecule has 134 valence electrons. The number of aliphatic hydroxyl groups is 1.